The number of hydrogen-bond donors (Lipinski definition) is 4. The number of ketones is 1. The minimum Gasteiger partial charge on any atom is -0.371 e. The van der Waals surface area contributed by atoms with Gasteiger partial charge in [0, 0.05) is 38.8 Å². The molecule has 5 amide bonds. The topological polar surface area (TPSA) is 174 Å². The first-order chi connectivity index (χ1) is 24.3. The standard InChI is InChI=1S/C40H66N6O7/c1-15-17-26(30(47)35(51)41-18-16-2)43-34(50)27-19-24(23(3)4)21-46(27)36(52)33(40(11,12)13)44-37(53)42-20-25(38(5,6)7)22-45(14)29-28(39(8,9)10)31(48)32(29)49/h16,23-27,33H,2,15,17-22H2,1,3-14H3,(H,41,51)(H,43,50)(H2,42,44,53)/t24-,25-,26?,27+,33-/m1/s1. The first-order valence-electron chi connectivity index (χ1n) is 18.9. The van der Waals surface area contributed by atoms with Gasteiger partial charge in [-0.1, -0.05) is 95.6 Å². The third-order valence-corrected chi connectivity index (χ3v) is 10.3. The molecule has 0 spiro atoms. The Morgan fingerprint density at radius 2 is 1.53 bits per heavy atom. The van der Waals surface area contributed by atoms with Gasteiger partial charge < -0.3 is 31.1 Å². The number of carbonyl (C=O) groups is 5. The normalized spacial score (nSPS) is 18.3. The van der Waals surface area contributed by atoms with Crippen LogP contribution in [0.25, 0.3) is 0 Å². The van der Waals surface area contributed by atoms with Crippen LogP contribution in [0.3, 0.4) is 0 Å². The summed E-state index contributed by atoms with van der Waals surface area (Å²) in [7, 11) is 1.78. The van der Waals surface area contributed by atoms with Gasteiger partial charge in [0.25, 0.3) is 5.91 Å². The van der Waals surface area contributed by atoms with Crippen molar-refractivity contribution in [1.82, 2.24) is 26.2 Å². The van der Waals surface area contributed by atoms with Crippen LogP contribution in [0.4, 0.5) is 10.5 Å². The molecule has 0 aliphatic carbocycles. The van der Waals surface area contributed by atoms with Gasteiger partial charge in [-0.05, 0) is 46.8 Å². The van der Waals surface area contributed by atoms with Crippen molar-refractivity contribution < 1.29 is 24.0 Å². The number of nitrogens with one attached hydrogen (secondary N) is 4. The zero-order valence-electron chi connectivity index (χ0n) is 34.5. The average molecular weight is 743 g/mol. The molecule has 1 unspecified atom stereocenters. The Morgan fingerprint density at radius 1 is 0.925 bits per heavy atom. The van der Waals surface area contributed by atoms with Crippen molar-refractivity contribution in [2.75, 3.05) is 38.1 Å². The molecule has 1 saturated heterocycles. The first-order valence-corrected chi connectivity index (χ1v) is 18.9. The molecule has 4 N–H and O–H groups in total. The lowest BCUT2D eigenvalue weighted by Gasteiger charge is -2.38. The summed E-state index contributed by atoms with van der Waals surface area (Å²) in [4.78, 5) is 95.6. The molecular formula is C40H66N6O7. The molecule has 0 aromatic heterocycles. The number of carbonyl (C=O) groups excluding carboxylic acids is 5. The third-order valence-electron chi connectivity index (χ3n) is 10.3. The predicted molar refractivity (Wildman–Crippen MR) is 210 cm³/mol. The molecule has 0 radical (unpaired) electrons. The van der Waals surface area contributed by atoms with Crippen molar-refractivity contribution in [1.29, 1.82) is 0 Å². The molecule has 53 heavy (non-hydrogen) atoms. The Bertz CT molecular complexity index is 1570. The maximum absolute atomic E-state index is 14.4. The van der Waals surface area contributed by atoms with E-state index in [9.17, 15) is 33.6 Å². The Labute approximate surface area is 316 Å². The monoisotopic (exact) mass is 742 g/mol. The Balaban J connectivity index is 2.29. The summed E-state index contributed by atoms with van der Waals surface area (Å²) in [6, 6.07) is -3.51. The summed E-state index contributed by atoms with van der Waals surface area (Å²) >= 11 is 0. The van der Waals surface area contributed by atoms with Crippen LogP contribution in [0.5, 0.6) is 0 Å². The first kappa shape index (κ1) is 45.1. The van der Waals surface area contributed by atoms with Crippen LogP contribution in [0.2, 0.25) is 0 Å². The number of rotatable bonds is 16. The molecule has 13 heteroatoms. The van der Waals surface area contributed by atoms with Gasteiger partial charge in [0.05, 0.1) is 11.7 Å². The number of likely N-dealkylation sites (tertiary alicyclic amines) is 1. The second-order valence-corrected chi connectivity index (χ2v) is 18.2. The maximum atomic E-state index is 14.4. The van der Waals surface area contributed by atoms with E-state index in [4.69, 9.17) is 0 Å². The van der Waals surface area contributed by atoms with E-state index in [1.165, 1.54) is 11.0 Å². The second-order valence-electron chi connectivity index (χ2n) is 18.2. The summed E-state index contributed by atoms with van der Waals surface area (Å²) in [6.45, 7) is 27.8. The molecule has 1 aromatic carbocycles. The Morgan fingerprint density at radius 3 is 2.02 bits per heavy atom. The number of Topliss-reactive ketones (excluding diaryl/α,β-unsaturated/α-hetero) is 1. The van der Waals surface area contributed by atoms with Crippen LogP contribution in [0.1, 0.15) is 108 Å². The summed E-state index contributed by atoms with van der Waals surface area (Å²) in [5.41, 5.74) is -1.58. The molecule has 1 aromatic rings. The van der Waals surface area contributed by atoms with E-state index in [2.05, 4.69) is 27.8 Å². The summed E-state index contributed by atoms with van der Waals surface area (Å²) in [5.74, 6) is -2.50. The fraction of sp³-hybridized carbons (Fsp3) is 0.725. The van der Waals surface area contributed by atoms with E-state index in [-0.39, 0.29) is 42.7 Å². The predicted octanol–water partition coefficient (Wildman–Crippen LogP) is 3.42. The fourth-order valence-corrected chi connectivity index (χ4v) is 6.80. The van der Waals surface area contributed by atoms with Crippen molar-refractivity contribution in [2.45, 2.75) is 126 Å². The van der Waals surface area contributed by atoms with Crippen molar-refractivity contribution in [2.24, 2.45) is 28.6 Å². The highest BCUT2D eigenvalue weighted by Gasteiger charge is 2.46. The quantitative estimate of drug-likeness (QED) is 0.147. The number of nitrogens with zero attached hydrogens (tertiary/aromatic N) is 2. The lowest BCUT2D eigenvalue weighted by molar-refractivity contribution is -0.143. The van der Waals surface area contributed by atoms with Gasteiger partial charge in [-0.2, -0.15) is 0 Å². The minimum atomic E-state index is -1.05. The maximum Gasteiger partial charge on any atom is 0.315 e. The smallest absolute Gasteiger partial charge is 0.315 e. The molecule has 298 valence electrons. The van der Waals surface area contributed by atoms with E-state index < -0.39 is 69.3 Å². The highest BCUT2D eigenvalue weighted by atomic mass is 16.2. The zero-order valence-corrected chi connectivity index (χ0v) is 34.5. The van der Waals surface area contributed by atoms with Crippen molar-refractivity contribution in [3.8, 4) is 0 Å². The van der Waals surface area contributed by atoms with Crippen LogP contribution in [0, 0.1) is 28.6 Å². The van der Waals surface area contributed by atoms with Crippen LogP contribution >= 0.6 is 0 Å². The lowest BCUT2D eigenvalue weighted by Crippen LogP contribution is -2.60. The largest absolute Gasteiger partial charge is 0.371 e. The molecule has 2 rings (SSSR count). The van der Waals surface area contributed by atoms with Gasteiger partial charge in [-0.15, -0.1) is 6.58 Å². The van der Waals surface area contributed by atoms with E-state index >= 15 is 0 Å². The summed E-state index contributed by atoms with van der Waals surface area (Å²) < 4.78 is 0. The van der Waals surface area contributed by atoms with Crippen molar-refractivity contribution in [3.63, 3.8) is 0 Å². The van der Waals surface area contributed by atoms with E-state index in [1.54, 1.807) is 11.9 Å². The molecule has 1 aliphatic heterocycles. The Kier molecular flexibility index (Phi) is 15.2. The molecular weight excluding hydrogens is 676 g/mol. The van der Waals surface area contributed by atoms with Crippen LogP contribution in [-0.2, 0) is 24.6 Å². The van der Waals surface area contributed by atoms with Crippen LogP contribution in [0.15, 0.2) is 22.2 Å². The molecule has 1 fully saturated rings. The molecule has 1 aliphatic rings. The van der Waals surface area contributed by atoms with E-state index in [0.717, 1.165) is 0 Å². The van der Waals surface area contributed by atoms with Crippen molar-refractivity contribution >= 4 is 35.2 Å². The molecule has 0 bridgehead atoms. The SMILES string of the molecule is C=CCNC(=O)C(=O)C(CCC)NC(=O)[C@@H]1C[C@@H](C(C)C)CN1C(=O)[C@@H](NC(=O)NC[C@H](CN(C)c1c(C(C)(C)C)c(=O)c1=O)C(C)(C)C)C(C)(C)C. The van der Waals surface area contributed by atoms with Gasteiger partial charge in [-0.3, -0.25) is 28.8 Å². The molecule has 13 nitrogen and oxygen atoms in total. The lowest BCUT2D eigenvalue weighted by atomic mass is 9.79. The highest BCUT2D eigenvalue weighted by Crippen LogP contribution is 2.33. The third kappa shape index (κ3) is 11.5. The molecule has 1 heterocycles. The number of amides is 5. The fourth-order valence-electron chi connectivity index (χ4n) is 6.80. The van der Waals surface area contributed by atoms with Crippen LogP contribution in [-0.4, -0.2) is 85.8 Å². The highest BCUT2D eigenvalue weighted by molar-refractivity contribution is 6.38. The second kappa shape index (κ2) is 17.9. The zero-order chi connectivity index (χ0) is 40.8. The molecule has 5 atom stereocenters. The van der Waals surface area contributed by atoms with Crippen LogP contribution < -0.4 is 37.0 Å². The number of anilines is 1. The van der Waals surface area contributed by atoms with E-state index in [1.807, 2.05) is 83.1 Å². The van der Waals surface area contributed by atoms with Crippen molar-refractivity contribution in [3.05, 3.63) is 38.7 Å². The van der Waals surface area contributed by atoms with Gasteiger partial charge in [0.1, 0.15) is 12.1 Å². The summed E-state index contributed by atoms with van der Waals surface area (Å²) in [6.07, 6.45) is 2.62. The van der Waals surface area contributed by atoms with E-state index in [0.29, 0.717) is 37.2 Å². The van der Waals surface area contributed by atoms with Gasteiger partial charge >= 0.3 is 6.03 Å². The van der Waals surface area contributed by atoms with Gasteiger partial charge in [-0.25, -0.2) is 4.79 Å². The van der Waals surface area contributed by atoms with Gasteiger partial charge in [0.2, 0.25) is 28.5 Å². The van der Waals surface area contributed by atoms with Gasteiger partial charge in [0.15, 0.2) is 0 Å². The number of hydrogen-bond acceptors (Lipinski definition) is 8. The summed E-state index contributed by atoms with van der Waals surface area (Å²) in [5, 5.41) is 11.1. The molecule has 0 saturated carbocycles. The number of urea groups is 1. The minimum absolute atomic E-state index is 0.00310. The average Bonchev–Trinajstić information content (AvgIpc) is 3.50. The Hall–Kier alpha value is -4.03.